The molecule has 1 aromatic heterocycles. The third-order valence-corrected chi connectivity index (χ3v) is 4.48. The molecule has 0 unspecified atom stereocenters. The minimum absolute atomic E-state index is 0. The summed E-state index contributed by atoms with van der Waals surface area (Å²) in [5.74, 6) is 1.20. The number of benzene rings is 1. The molecule has 0 atom stereocenters. The average Bonchev–Trinajstić information content (AvgIpc) is 3.10. The second kappa shape index (κ2) is 9.16. The molecule has 0 spiro atoms. The Morgan fingerprint density at radius 2 is 1.85 bits per heavy atom. The molecule has 1 aliphatic heterocycles. The van der Waals surface area contributed by atoms with Crippen molar-refractivity contribution in [2.45, 2.75) is 40.2 Å². The Hall–Kier alpha value is -1.90. The van der Waals surface area contributed by atoms with E-state index in [4.69, 9.17) is 5.73 Å². The summed E-state index contributed by atoms with van der Waals surface area (Å²) in [5.41, 5.74) is 11.3. The monoisotopic (exact) mass is 466 g/mol. The summed E-state index contributed by atoms with van der Waals surface area (Å²) in [6, 6.07) is 8.11. The number of halogens is 1. The van der Waals surface area contributed by atoms with Crippen LogP contribution in [-0.2, 0) is 6.54 Å². The molecule has 0 amide bonds. The van der Waals surface area contributed by atoms with E-state index in [-0.39, 0.29) is 24.0 Å². The Morgan fingerprint density at radius 1 is 1.12 bits per heavy atom. The second-order valence-electron chi connectivity index (χ2n) is 6.62. The average molecular weight is 466 g/mol. The fourth-order valence-corrected chi connectivity index (χ4v) is 2.93. The Bertz CT molecular complexity index is 784. The minimum atomic E-state index is 0. The van der Waals surface area contributed by atoms with Crippen molar-refractivity contribution in [1.82, 2.24) is 9.97 Å². The first-order chi connectivity index (χ1) is 12.0. The van der Waals surface area contributed by atoms with Gasteiger partial charge in [-0.25, -0.2) is 15.0 Å². The lowest BCUT2D eigenvalue weighted by atomic mass is 10.1. The SMILES string of the molecule is Cc1cc(CN=C(N)Nc2ccc(C)c(C)c2)nc(N2CCCC2)n1.I. The number of nitrogens with zero attached hydrogens (tertiary/aromatic N) is 4. The van der Waals surface area contributed by atoms with Gasteiger partial charge < -0.3 is 16.0 Å². The largest absolute Gasteiger partial charge is 0.370 e. The number of hydrogen-bond acceptors (Lipinski definition) is 4. The molecule has 1 aliphatic rings. The molecule has 7 heteroatoms. The highest BCUT2D eigenvalue weighted by Gasteiger charge is 2.15. The summed E-state index contributed by atoms with van der Waals surface area (Å²) in [5, 5.41) is 3.14. The maximum absolute atomic E-state index is 6.03. The van der Waals surface area contributed by atoms with Crippen molar-refractivity contribution in [3.05, 3.63) is 46.8 Å². The van der Waals surface area contributed by atoms with Gasteiger partial charge in [-0.15, -0.1) is 24.0 Å². The van der Waals surface area contributed by atoms with Gasteiger partial charge in [0.2, 0.25) is 5.95 Å². The summed E-state index contributed by atoms with van der Waals surface area (Å²) >= 11 is 0. The quantitative estimate of drug-likeness (QED) is 0.410. The lowest BCUT2D eigenvalue weighted by Gasteiger charge is -2.16. The third kappa shape index (κ3) is 5.30. The van der Waals surface area contributed by atoms with Crippen LogP contribution in [0.15, 0.2) is 29.3 Å². The van der Waals surface area contributed by atoms with E-state index in [1.165, 1.54) is 24.0 Å². The molecular formula is C19H27IN6. The molecular weight excluding hydrogens is 439 g/mol. The highest BCUT2D eigenvalue weighted by molar-refractivity contribution is 14.0. The highest BCUT2D eigenvalue weighted by Crippen LogP contribution is 2.17. The van der Waals surface area contributed by atoms with E-state index in [2.05, 4.69) is 51.2 Å². The normalized spacial score (nSPS) is 14.3. The number of rotatable bonds is 4. The van der Waals surface area contributed by atoms with Crippen molar-refractivity contribution in [2.75, 3.05) is 23.3 Å². The van der Waals surface area contributed by atoms with Gasteiger partial charge in [0.1, 0.15) is 0 Å². The third-order valence-electron chi connectivity index (χ3n) is 4.48. The number of aromatic nitrogens is 2. The molecule has 1 aromatic carbocycles. The number of nitrogens with one attached hydrogen (secondary N) is 1. The maximum Gasteiger partial charge on any atom is 0.225 e. The zero-order chi connectivity index (χ0) is 17.8. The molecule has 0 saturated carbocycles. The topological polar surface area (TPSA) is 79.4 Å². The van der Waals surface area contributed by atoms with Gasteiger partial charge in [-0.1, -0.05) is 6.07 Å². The van der Waals surface area contributed by atoms with Crippen molar-refractivity contribution in [2.24, 2.45) is 10.7 Å². The van der Waals surface area contributed by atoms with Gasteiger partial charge in [0.05, 0.1) is 12.2 Å². The van der Waals surface area contributed by atoms with E-state index in [0.717, 1.165) is 36.1 Å². The number of aryl methyl sites for hydroxylation is 3. The first-order valence-corrected chi connectivity index (χ1v) is 8.75. The van der Waals surface area contributed by atoms with E-state index >= 15 is 0 Å². The van der Waals surface area contributed by atoms with Crippen molar-refractivity contribution in [3.8, 4) is 0 Å². The van der Waals surface area contributed by atoms with Crippen LogP contribution in [0, 0.1) is 20.8 Å². The van der Waals surface area contributed by atoms with Crippen LogP contribution in [-0.4, -0.2) is 29.0 Å². The van der Waals surface area contributed by atoms with Gasteiger partial charge in [-0.2, -0.15) is 0 Å². The van der Waals surface area contributed by atoms with E-state index in [1.54, 1.807) is 0 Å². The fourth-order valence-electron chi connectivity index (χ4n) is 2.93. The zero-order valence-corrected chi connectivity index (χ0v) is 17.9. The van der Waals surface area contributed by atoms with Gasteiger partial charge in [-0.3, -0.25) is 0 Å². The minimum Gasteiger partial charge on any atom is -0.370 e. The predicted octanol–water partition coefficient (Wildman–Crippen LogP) is 3.55. The lowest BCUT2D eigenvalue weighted by Crippen LogP contribution is -2.23. The molecule has 0 bridgehead atoms. The molecule has 6 nitrogen and oxygen atoms in total. The number of aliphatic imine (C=N–C) groups is 1. The summed E-state index contributed by atoms with van der Waals surface area (Å²) < 4.78 is 0. The molecule has 2 heterocycles. The van der Waals surface area contributed by atoms with E-state index < -0.39 is 0 Å². The number of anilines is 2. The summed E-state index contributed by atoms with van der Waals surface area (Å²) in [6.45, 7) is 8.66. The molecule has 1 fully saturated rings. The van der Waals surface area contributed by atoms with E-state index in [0.29, 0.717) is 12.5 Å². The molecule has 3 N–H and O–H groups in total. The predicted molar refractivity (Wildman–Crippen MR) is 118 cm³/mol. The van der Waals surface area contributed by atoms with Crippen LogP contribution in [0.1, 0.15) is 35.4 Å². The van der Waals surface area contributed by atoms with Crippen molar-refractivity contribution < 1.29 is 0 Å². The Morgan fingerprint density at radius 3 is 2.54 bits per heavy atom. The van der Waals surface area contributed by atoms with Gasteiger partial charge in [-0.05, 0) is 62.9 Å². The van der Waals surface area contributed by atoms with Crippen LogP contribution in [0.4, 0.5) is 11.6 Å². The molecule has 2 aromatic rings. The van der Waals surface area contributed by atoms with Crippen molar-refractivity contribution in [3.63, 3.8) is 0 Å². The second-order valence-corrected chi connectivity index (χ2v) is 6.62. The van der Waals surface area contributed by atoms with Gasteiger partial charge >= 0.3 is 0 Å². The number of nitrogens with two attached hydrogens (primary N) is 1. The van der Waals surface area contributed by atoms with Gasteiger partial charge in [0.25, 0.3) is 0 Å². The smallest absolute Gasteiger partial charge is 0.225 e. The van der Waals surface area contributed by atoms with Gasteiger partial charge in [0, 0.05) is 24.5 Å². The maximum atomic E-state index is 6.03. The fraction of sp³-hybridized carbons (Fsp3) is 0.421. The molecule has 0 aliphatic carbocycles. The summed E-state index contributed by atoms with van der Waals surface area (Å²) in [4.78, 5) is 15.9. The van der Waals surface area contributed by atoms with Crippen LogP contribution >= 0.6 is 24.0 Å². The van der Waals surface area contributed by atoms with E-state index in [1.807, 2.05) is 19.1 Å². The van der Waals surface area contributed by atoms with Crippen LogP contribution in [0.5, 0.6) is 0 Å². The van der Waals surface area contributed by atoms with E-state index in [9.17, 15) is 0 Å². The molecule has 0 radical (unpaired) electrons. The Labute approximate surface area is 172 Å². The summed E-state index contributed by atoms with van der Waals surface area (Å²) in [6.07, 6.45) is 2.41. The number of hydrogen-bond donors (Lipinski definition) is 2. The molecule has 1 saturated heterocycles. The standard InChI is InChI=1S/C19H26N6.HI/c1-13-6-7-16(10-14(13)2)23-18(20)21-12-17-11-15(3)22-19(24-17)25-8-4-5-9-25;/h6-7,10-11H,4-5,8-9,12H2,1-3H3,(H3,20,21,23);1H. The molecule has 26 heavy (non-hydrogen) atoms. The van der Waals surface area contributed by atoms with Crippen LogP contribution in [0.3, 0.4) is 0 Å². The molecule has 140 valence electrons. The highest BCUT2D eigenvalue weighted by atomic mass is 127. The first-order valence-electron chi connectivity index (χ1n) is 8.75. The van der Waals surface area contributed by atoms with Crippen molar-refractivity contribution >= 4 is 41.6 Å². The van der Waals surface area contributed by atoms with Crippen LogP contribution in [0.25, 0.3) is 0 Å². The zero-order valence-electron chi connectivity index (χ0n) is 15.6. The van der Waals surface area contributed by atoms with Crippen molar-refractivity contribution in [1.29, 1.82) is 0 Å². The number of guanidine groups is 1. The van der Waals surface area contributed by atoms with Gasteiger partial charge in [0.15, 0.2) is 5.96 Å². The molecule has 3 rings (SSSR count). The Kier molecular flexibility index (Phi) is 7.19. The Balaban J connectivity index is 0.00000243. The van der Waals surface area contributed by atoms with Crippen LogP contribution < -0.4 is 16.0 Å². The van der Waals surface area contributed by atoms with Crippen LogP contribution in [0.2, 0.25) is 0 Å². The lowest BCUT2D eigenvalue weighted by molar-refractivity contribution is 0.857. The summed E-state index contributed by atoms with van der Waals surface area (Å²) in [7, 11) is 0. The first kappa shape index (κ1) is 20.4.